The van der Waals surface area contributed by atoms with Crippen molar-refractivity contribution in [3.63, 3.8) is 0 Å². The van der Waals surface area contributed by atoms with Gasteiger partial charge in [-0.3, -0.25) is 0 Å². The molecular formula is C25H27Cl. The van der Waals surface area contributed by atoms with Crippen LogP contribution in [0.15, 0.2) is 61.2 Å². The quantitative estimate of drug-likeness (QED) is 0.293. The highest BCUT2D eigenvalue weighted by Crippen LogP contribution is 2.31. The summed E-state index contributed by atoms with van der Waals surface area (Å²) in [6.07, 6.45) is 11.0. The molecule has 0 spiro atoms. The molecule has 0 saturated heterocycles. The number of benzene rings is 2. The fourth-order valence-corrected chi connectivity index (χ4v) is 3.85. The number of hydrogen-bond acceptors (Lipinski definition) is 0. The van der Waals surface area contributed by atoms with E-state index in [0.717, 1.165) is 22.9 Å². The second-order valence-corrected chi connectivity index (χ2v) is 7.73. The van der Waals surface area contributed by atoms with Gasteiger partial charge in [0.25, 0.3) is 0 Å². The van der Waals surface area contributed by atoms with E-state index in [1.807, 2.05) is 18.2 Å². The van der Waals surface area contributed by atoms with Gasteiger partial charge in [0.1, 0.15) is 0 Å². The van der Waals surface area contributed by atoms with Crippen LogP contribution in [0.5, 0.6) is 0 Å². The van der Waals surface area contributed by atoms with Crippen molar-refractivity contribution < 1.29 is 0 Å². The van der Waals surface area contributed by atoms with Crippen LogP contribution in [0.25, 0.3) is 11.1 Å². The van der Waals surface area contributed by atoms with Crippen molar-refractivity contribution in [3.05, 3.63) is 71.8 Å². The average molecular weight is 363 g/mol. The maximum Gasteiger partial charge on any atom is 0.0406 e. The summed E-state index contributed by atoms with van der Waals surface area (Å²) in [5.41, 5.74) is 3.49. The molecule has 0 N–H and O–H groups in total. The molecule has 0 bridgehead atoms. The lowest BCUT2D eigenvalue weighted by Crippen LogP contribution is -2.13. The van der Waals surface area contributed by atoms with Gasteiger partial charge in [-0.2, -0.15) is 0 Å². The molecule has 1 fully saturated rings. The second-order valence-electron chi connectivity index (χ2n) is 7.29. The third kappa shape index (κ3) is 5.52. The fraction of sp³-hybridized carbons (Fsp3) is 0.360. The zero-order chi connectivity index (χ0) is 18.2. The summed E-state index contributed by atoms with van der Waals surface area (Å²) in [7, 11) is 0. The smallest absolute Gasteiger partial charge is 0.0406 e. The number of allylic oxidation sites excluding steroid dienone is 1. The van der Waals surface area contributed by atoms with E-state index < -0.39 is 0 Å². The highest BCUT2D eigenvalue weighted by atomic mass is 35.5. The van der Waals surface area contributed by atoms with Crippen LogP contribution >= 0.6 is 11.6 Å². The third-order valence-electron chi connectivity index (χ3n) is 5.35. The van der Waals surface area contributed by atoms with E-state index in [-0.39, 0.29) is 0 Å². The van der Waals surface area contributed by atoms with Crippen LogP contribution < -0.4 is 0 Å². The topological polar surface area (TPSA) is 0 Å². The molecule has 3 rings (SSSR count). The molecule has 0 aliphatic heterocycles. The first-order chi connectivity index (χ1) is 12.7. The van der Waals surface area contributed by atoms with Crippen LogP contribution in [0, 0.1) is 23.7 Å². The first-order valence-corrected chi connectivity index (χ1v) is 10.1. The molecule has 1 aliphatic rings. The molecule has 134 valence electrons. The van der Waals surface area contributed by atoms with E-state index in [9.17, 15) is 0 Å². The van der Waals surface area contributed by atoms with E-state index in [4.69, 9.17) is 11.6 Å². The summed E-state index contributed by atoms with van der Waals surface area (Å²) in [5, 5.41) is 0.770. The lowest BCUT2D eigenvalue weighted by Gasteiger charge is -2.25. The molecule has 26 heavy (non-hydrogen) atoms. The van der Waals surface area contributed by atoms with Crippen LogP contribution in [0.3, 0.4) is 0 Å². The van der Waals surface area contributed by atoms with Gasteiger partial charge < -0.3 is 0 Å². The van der Waals surface area contributed by atoms with E-state index >= 15 is 0 Å². The van der Waals surface area contributed by atoms with Gasteiger partial charge in [0.2, 0.25) is 0 Å². The highest BCUT2D eigenvalue weighted by molar-refractivity contribution is 6.30. The Kier molecular flexibility index (Phi) is 6.98. The Labute approximate surface area is 163 Å². The van der Waals surface area contributed by atoms with Crippen LogP contribution in [0.4, 0.5) is 0 Å². The summed E-state index contributed by atoms with van der Waals surface area (Å²) >= 11 is 5.96. The van der Waals surface area contributed by atoms with Crippen LogP contribution in [-0.4, -0.2) is 0 Å². The molecule has 1 saturated carbocycles. The lowest BCUT2D eigenvalue weighted by atomic mass is 9.80. The number of halogens is 1. The van der Waals surface area contributed by atoms with Crippen molar-refractivity contribution in [1.82, 2.24) is 0 Å². The van der Waals surface area contributed by atoms with Gasteiger partial charge in [0.05, 0.1) is 0 Å². The molecule has 0 amide bonds. The SMILES string of the molecule is C=CCCC[C@H]1CC[C@H](C#Cc2ccc(-c3ccc(Cl)cc3)cc2)CC1. The fourth-order valence-electron chi connectivity index (χ4n) is 3.72. The predicted octanol–water partition coefficient (Wildman–Crippen LogP) is 7.52. The Morgan fingerprint density at radius 2 is 1.54 bits per heavy atom. The molecule has 0 radical (unpaired) electrons. The van der Waals surface area contributed by atoms with Gasteiger partial charge in [-0.1, -0.05) is 60.2 Å². The summed E-state index contributed by atoms with van der Waals surface area (Å²) in [4.78, 5) is 0. The van der Waals surface area contributed by atoms with Crippen molar-refractivity contribution in [2.75, 3.05) is 0 Å². The molecule has 0 aromatic heterocycles. The van der Waals surface area contributed by atoms with Gasteiger partial charge >= 0.3 is 0 Å². The Morgan fingerprint density at radius 3 is 2.15 bits per heavy atom. The van der Waals surface area contributed by atoms with E-state index in [1.54, 1.807) is 0 Å². The Hall–Kier alpha value is -1.97. The van der Waals surface area contributed by atoms with Gasteiger partial charge in [0, 0.05) is 16.5 Å². The lowest BCUT2D eigenvalue weighted by molar-refractivity contribution is 0.297. The monoisotopic (exact) mass is 362 g/mol. The molecular weight excluding hydrogens is 336 g/mol. The van der Waals surface area contributed by atoms with Crippen molar-refractivity contribution >= 4 is 11.6 Å². The second kappa shape index (κ2) is 9.65. The van der Waals surface area contributed by atoms with Gasteiger partial charge in [-0.15, -0.1) is 6.58 Å². The van der Waals surface area contributed by atoms with E-state index in [0.29, 0.717) is 5.92 Å². The first kappa shape index (κ1) is 18.8. The minimum Gasteiger partial charge on any atom is -0.103 e. The Morgan fingerprint density at radius 1 is 0.923 bits per heavy atom. The average Bonchev–Trinajstić information content (AvgIpc) is 2.69. The van der Waals surface area contributed by atoms with Crippen LogP contribution in [-0.2, 0) is 0 Å². The van der Waals surface area contributed by atoms with Crippen molar-refractivity contribution in [1.29, 1.82) is 0 Å². The number of hydrogen-bond donors (Lipinski definition) is 0. The molecule has 0 heterocycles. The van der Waals surface area contributed by atoms with Gasteiger partial charge in [-0.05, 0) is 79.8 Å². The Balaban J connectivity index is 1.52. The largest absolute Gasteiger partial charge is 0.103 e. The van der Waals surface area contributed by atoms with Crippen LogP contribution in [0.1, 0.15) is 50.5 Å². The zero-order valence-electron chi connectivity index (χ0n) is 15.4. The molecule has 2 aromatic rings. The number of rotatable bonds is 5. The maximum absolute atomic E-state index is 5.96. The molecule has 0 unspecified atom stereocenters. The van der Waals surface area contributed by atoms with E-state index in [2.05, 4.69) is 54.8 Å². The van der Waals surface area contributed by atoms with Crippen molar-refractivity contribution in [2.24, 2.45) is 11.8 Å². The minimum atomic E-state index is 0.571. The Bertz CT molecular complexity index is 751. The molecule has 2 aromatic carbocycles. The van der Waals surface area contributed by atoms with E-state index in [1.165, 1.54) is 49.7 Å². The normalized spacial score (nSPS) is 19.4. The molecule has 1 aliphatic carbocycles. The predicted molar refractivity (Wildman–Crippen MR) is 113 cm³/mol. The maximum atomic E-state index is 5.96. The van der Waals surface area contributed by atoms with Gasteiger partial charge in [0.15, 0.2) is 0 Å². The summed E-state index contributed by atoms with van der Waals surface area (Å²) in [6, 6.07) is 16.5. The minimum absolute atomic E-state index is 0.571. The highest BCUT2D eigenvalue weighted by Gasteiger charge is 2.19. The van der Waals surface area contributed by atoms with Crippen molar-refractivity contribution in [3.8, 4) is 23.0 Å². The molecule has 0 atom stereocenters. The third-order valence-corrected chi connectivity index (χ3v) is 5.60. The standard InChI is InChI=1S/C25H27Cl/c1-2-3-4-5-20-6-8-21(9-7-20)10-11-22-12-14-23(15-13-22)24-16-18-25(26)19-17-24/h2,12-21H,1,3-9H2/t20-,21-. The van der Waals surface area contributed by atoms with Gasteiger partial charge in [-0.25, -0.2) is 0 Å². The first-order valence-electron chi connectivity index (χ1n) is 9.73. The summed E-state index contributed by atoms with van der Waals surface area (Å²) in [6.45, 7) is 3.81. The molecule has 0 nitrogen and oxygen atoms in total. The van der Waals surface area contributed by atoms with Crippen molar-refractivity contribution in [2.45, 2.75) is 44.9 Å². The molecule has 1 heteroatoms. The summed E-state index contributed by atoms with van der Waals surface area (Å²) < 4.78 is 0. The zero-order valence-corrected chi connectivity index (χ0v) is 16.1. The number of unbranched alkanes of at least 4 members (excludes halogenated alkanes) is 1. The summed E-state index contributed by atoms with van der Waals surface area (Å²) in [5.74, 6) is 8.37. The van der Waals surface area contributed by atoms with Crippen LogP contribution in [0.2, 0.25) is 5.02 Å².